The number of aldehydes is 1. The summed E-state index contributed by atoms with van der Waals surface area (Å²) in [6, 6.07) is 0. The highest BCUT2D eigenvalue weighted by molar-refractivity contribution is 6.74. The first kappa shape index (κ1) is 20.2. The predicted molar refractivity (Wildman–Crippen MR) is 94.0 cm³/mol. The molecule has 1 aliphatic heterocycles. The average Bonchev–Trinajstić information content (AvgIpc) is 2.64. The molecule has 1 rings (SSSR count). The molecule has 1 heterocycles. The number of hydrogen-bond donors (Lipinski definition) is 0. The summed E-state index contributed by atoms with van der Waals surface area (Å²) >= 11 is 0. The normalized spacial score (nSPS) is 26.3. The van der Waals surface area contributed by atoms with Gasteiger partial charge in [0.25, 0.3) is 0 Å². The number of nitrogens with zero attached hydrogens (tertiary/aromatic N) is 1. The van der Waals surface area contributed by atoms with Gasteiger partial charge in [0.05, 0.1) is 5.41 Å². The van der Waals surface area contributed by atoms with Gasteiger partial charge in [-0.25, -0.2) is 4.79 Å². The third-order valence-corrected chi connectivity index (χ3v) is 9.30. The molecule has 0 aliphatic carbocycles. The molecular weight excluding hydrogens is 310 g/mol. The summed E-state index contributed by atoms with van der Waals surface area (Å²) in [7, 11) is -2.02. The van der Waals surface area contributed by atoms with Gasteiger partial charge in [0, 0.05) is 19.2 Å². The minimum atomic E-state index is -2.02. The first-order valence-corrected chi connectivity index (χ1v) is 11.1. The molecule has 1 fully saturated rings. The van der Waals surface area contributed by atoms with E-state index in [-0.39, 0.29) is 17.2 Å². The zero-order chi connectivity index (χ0) is 18.3. The van der Waals surface area contributed by atoms with Crippen molar-refractivity contribution in [2.24, 2.45) is 5.41 Å². The fraction of sp³-hybridized carbons (Fsp3) is 0.882. The maximum atomic E-state index is 12.3. The molecule has 1 saturated heterocycles. The summed E-state index contributed by atoms with van der Waals surface area (Å²) < 4.78 is 11.9. The highest BCUT2D eigenvalue weighted by Crippen LogP contribution is 2.41. The lowest BCUT2D eigenvalue weighted by Gasteiger charge is -2.51. The summed E-state index contributed by atoms with van der Waals surface area (Å²) in [5, 5.41) is 0.0517. The van der Waals surface area contributed by atoms with E-state index in [0.717, 1.165) is 6.29 Å². The van der Waals surface area contributed by atoms with Crippen molar-refractivity contribution < 1.29 is 18.8 Å². The fourth-order valence-corrected chi connectivity index (χ4v) is 3.68. The van der Waals surface area contributed by atoms with E-state index in [1.54, 1.807) is 4.90 Å². The first-order chi connectivity index (χ1) is 10.1. The fourth-order valence-electron chi connectivity index (χ4n) is 2.27. The van der Waals surface area contributed by atoms with E-state index in [2.05, 4.69) is 33.9 Å². The lowest BCUT2D eigenvalue weighted by Crippen LogP contribution is -2.48. The second-order valence-corrected chi connectivity index (χ2v) is 14.1. The Bertz CT molecular complexity index is 464. The largest absolute Gasteiger partial charge is 0.560 e. The Balaban J connectivity index is 2.93. The van der Waals surface area contributed by atoms with Crippen molar-refractivity contribution in [3.63, 3.8) is 0 Å². The summed E-state index contributed by atoms with van der Waals surface area (Å²) in [5.41, 5.74) is -1.24. The summed E-state index contributed by atoms with van der Waals surface area (Å²) in [5.74, 6) is 0. The van der Waals surface area contributed by atoms with Crippen molar-refractivity contribution >= 4 is 20.7 Å². The maximum Gasteiger partial charge on any atom is 0.410 e. The molecule has 135 valence electrons. The van der Waals surface area contributed by atoms with Crippen LogP contribution in [0.2, 0.25) is 18.1 Å². The molecule has 6 heteroatoms. The zero-order valence-corrected chi connectivity index (χ0v) is 17.1. The standard InChI is InChI=1S/C17H33NO4Si/c1-15(2,3)21-14(20)18-10-13(17(7,11-18)12-19)22-23(8,9)16(4,5)6/h12-13H,10-11H2,1-9H3/q-1. The number of likely N-dealkylation sites (tertiary alicyclic amines) is 1. The molecule has 1 aliphatic rings. The van der Waals surface area contributed by atoms with Crippen LogP contribution in [0.4, 0.5) is 4.79 Å². The first-order valence-electron chi connectivity index (χ1n) is 8.23. The Labute approximate surface area is 141 Å². The second-order valence-electron chi connectivity index (χ2n) is 9.35. The topological polar surface area (TPSA) is 55.8 Å². The number of carbonyl (C=O) groups is 2. The van der Waals surface area contributed by atoms with Crippen LogP contribution in [0.25, 0.3) is 0 Å². The molecule has 23 heavy (non-hydrogen) atoms. The van der Waals surface area contributed by atoms with E-state index >= 15 is 0 Å². The predicted octanol–water partition coefficient (Wildman–Crippen LogP) is 3.83. The molecule has 0 aromatic rings. The van der Waals surface area contributed by atoms with E-state index in [4.69, 9.17) is 9.16 Å². The molecule has 2 atom stereocenters. The second kappa shape index (κ2) is 6.20. The number of carbonyl (C=O) groups excluding carboxylic acids is 2. The number of rotatable bonds is 3. The lowest BCUT2D eigenvalue weighted by molar-refractivity contribution is -0.118. The van der Waals surface area contributed by atoms with Gasteiger partial charge in [-0.15, -0.1) is 18.1 Å². The average molecular weight is 344 g/mol. The Kier molecular flexibility index (Phi) is 5.44. The molecular formula is C17H33NO4Si-. The number of ether oxygens (including phenoxy) is 1. The minimum Gasteiger partial charge on any atom is -0.560 e. The van der Waals surface area contributed by atoms with Crippen LogP contribution in [0, 0.1) is 5.41 Å². The van der Waals surface area contributed by atoms with Crippen LogP contribution in [0.5, 0.6) is 0 Å². The smallest absolute Gasteiger partial charge is 0.410 e. The van der Waals surface area contributed by atoms with Gasteiger partial charge in [-0.05, 0) is 36.0 Å². The third-order valence-electron chi connectivity index (χ3n) is 4.82. The minimum absolute atomic E-state index is 0.0517. The quantitative estimate of drug-likeness (QED) is 0.577. The maximum absolute atomic E-state index is 12.3. The number of hydrogen-bond acceptors (Lipinski definition) is 4. The Morgan fingerprint density at radius 3 is 2.13 bits per heavy atom. The van der Waals surface area contributed by atoms with Crippen LogP contribution >= 0.6 is 0 Å². The monoisotopic (exact) mass is 343 g/mol. The number of amides is 1. The van der Waals surface area contributed by atoms with E-state index in [9.17, 15) is 9.59 Å². The van der Waals surface area contributed by atoms with Gasteiger partial charge in [0.2, 0.25) is 0 Å². The van der Waals surface area contributed by atoms with Gasteiger partial charge in [0.15, 0.2) is 0 Å². The Morgan fingerprint density at radius 2 is 1.74 bits per heavy atom. The van der Waals surface area contributed by atoms with Crippen LogP contribution < -0.4 is 0 Å². The molecule has 0 spiro atoms. The van der Waals surface area contributed by atoms with Crippen LogP contribution in [0.3, 0.4) is 0 Å². The highest BCUT2D eigenvalue weighted by atomic mass is 28.4. The molecule has 0 aromatic carbocycles. The molecule has 1 amide bonds. The molecule has 0 radical (unpaired) electrons. The van der Waals surface area contributed by atoms with E-state index in [1.165, 1.54) is 0 Å². The third kappa shape index (κ3) is 4.80. The van der Waals surface area contributed by atoms with Crippen LogP contribution in [-0.4, -0.2) is 50.4 Å². The van der Waals surface area contributed by atoms with E-state index in [1.807, 2.05) is 27.7 Å². The van der Waals surface area contributed by atoms with Crippen molar-refractivity contribution in [1.29, 1.82) is 0 Å². The van der Waals surface area contributed by atoms with E-state index < -0.39 is 19.3 Å². The van der Waals surface area contributed by atoms with Crippen molar-refractivity contribution in [2.45, 2.75) is 78.3 Å². The van der Waals surface area contributed by atoms with E-state index in [0.29, 0.717) is 13.1 Å². The summed E-state index contributed by atoms with van der Waals surface area (Å²) in [6.07, 6.45) is 0.259. The molecule has 0 saturated carbocycles. The molecule has 0 aromatic heterocycles. The molecule has 2 unspecified atom stereocenters. The van der Waals surface area contributed by atoms with Gasteiger partial charge >= 0.3 is 6.09 Å². The van der Waals surface area contributed by atoms with Crippen LogP contribution in [-0.2, 0) is 14.0 Å². The van der Waals surface area contributed by atoms with Gasteiger partial charge < -0.3 is 18.9 Å². The van der Waals surface area contributed by atoms with Gasteiger partial charge in [0.1, 0.15) is 11.9 Å². The van der Waals surface area contributed by atoms with Gasteiger partial charge in [-0.1, -0.05) is 20.8 Å². The van der Waals surface area contributed by atoms with Crippen molar-refractivity contribution in [2.75, 3.05) is 13.1 Å². The zero-order valence-electron chi connectivity index (χ0n) is 16.1. The molecule has 5 nitrogen and oxygen atoms in total. The Morgan fingerprint density at radius 1 is 1.22 bits per heavy atom. The summed E-state index contributed by atoms with van der Waals surface area (Å²) in [4.78, 5) is 25.6. The van der Waals surface area contributed by atoms with Gasteiger partial charge in [-0.3, -0.25) is 0 Å². The van der Waals surface area contributed by atoms with Crippen LogP contribution in [0.15, 0.2) is 0 Å². The molecule has 0 N–H and O–H groups in total. The highest BCUT2D eigenvalue weighted by Gasteiger charge is 2.47. The summed E-state index contributed by atoms with van der Waals surface area (Å²) in [6.45, 7) is 18.9. The van der Waals surface area contributed by atoms with Gasteiger partial charge in [-0.2, -0.15) is 0 Å². The molecule has 0 bridgehead atoms. The van der Waals surface area contributed by atoms with Crippen LogP contribution in [0.1, 0.15) is 48.5 Å². The van der Waals surface area contributed by atoms with Crippen molar-refractivity contribution in [3.8, 4) is 0 Å². The van der Waals surface area contributed by atoms with Crippen molar-refractivity contribution in [1.82, 2.24) is 4.90 Å². The Hall–Kier alpha value is -0.883. The lowest BCUT2D eigenvalue weighted by atomic mass is 9.89. The van der Waals surface area contributed by atoms with Crippen molar-refractivity contribution in [3.05, 3.63) is 0 Å². The SMILES string of the molecule is CC(C)(C)OC(=O)N1CC(O[Si-](C)(C)C(C)(C)C)C(C)(C=O)C1.